The molecule has 13 nitrogen and oxygen atoms in total. The summed E-state index contributed by atoms with van der Waals surface area (Å²) < 4.78 is 16.1. The van der Waals surface area contributed by atoms with Crippen LogP contribution >= 0.6 is 0 Å². The van der Waals surface area contributed by atoms with Crippen molar-refractivity contribution in [2.24, 2.45) is 0 Å². The van der Waals surface area contributed by atoms with E-state index in [1.54, 1.807) is 30.3 Å². The minimum absolute atomic E-state index is 0.0377. The lowest BCUT2D eigenvalue weighted by Crippen LogP contribution is -2.50. The minimum atomic E-state index is -0.533. The molecule has 0 unspecified atom stereocenters. The predicted octanol–water partition coefficient (Wildman–Crippen LogP) is 1.48. The number of urea groups is 1. The Balaban J connectivity index is 1.29. The lowest BCUT2D eigenvalue weighted by Gasteiger charge is -2.38. The first-order chi connectivity index (χ1) is 18.0. The highest BCUT2D eigenvalue weighted by molar-refractivity contribution is 5.88. The quantitative estimate of drug-likeness (QED) is 0.474. The van der Waals surface area contributed by atoms with Gasteiger partial charge in [-0.2, -0.15) is 0 Å². The summed E-state index contributed by atoms with van der Waals surface area (Å²) in [6, 6.07) is 3.13. The number of carbonyl (C=O) groups is 2. The zero-order valence-electron chi connectivity index (χ0n) is 21.2. The number of morpholine rings is 1. The van der Waals surface area contributed by atoms with Gasteiger partial charge in [-0.05, 0) is 25.8 Å². The molecule has 0 aromatic carbocycles. The molecule has 2 aromatic heterocycles. The number of likely N-dealkylation sites (N-methyl/N-ethyl adjacent to an activating group) is 1. The standard InChI is InChI=1S/C24H34N8O5/c1-3-36-22-14-27-20(13-28-22)30-23(33)31(2)18-5-4-9-32(15-18)21-11-19(6-7-26-21)37-24(34)29-12-17-16-35-10-8-25-17/h6-7,11,13-14,17-18,25H,3-5,8-10,12,15-16H2,1-2H3,(H,29,34)(H,27,30,33)/t17-,18+/m0/s1. The molecule has 2 aromatic rings. The molecule has 4 heterocycles. The molecule has 2 aliphatic rings. The summed E-state index contributed by atoms with van der Waals surface area (Å²) in [7, 11) is 1.76. The molecule has 0 spiro atoms. The third kappa shape index (κ3) is 7.64. The van der Waals surface area contributed by atoms with Gasteiger partial charge in [0.05, 0.1) is 38.3 Å². The highest BCUT2D eigenvalue weighted by atomic mass is 16.6. The molecule has 2 atom stereocenters. The molecule has 0 bridgehead atoms. The van der Waals surface area contributed by atoms with Gasteiger partial charge in [0, 0.05) is 51.5 Å². The Bertz CT molecular complexity index is 1030. The fourth-order valence-corrected chi connectivity index (χ4v) is 4.18. The predicted molar refractivity (Wildman–Crippen MR) is 136 cm³/mol. The van der Waals surface area contributed by atoms with Crippen molar-refractivity contribution in [1.29, 1.82) is 0 Å². The highest BCUT2D eigenvalue weighted by Gasteiger charge is 2.27. The van der Waals surface area contributed by atoms with Crippen molar-refractivity contribution in [2.75, 3.05) is 63.3 Å². The summed E-state index contributed by atoms with van der Waals surface area (Å²) in [5, 5.41) is 8.81. The van der Waals surface area contributed by atoms with Crippen molar-refractivity contribution in [3.8, 4) is 11.6 Å². The van der Waals surface area contributed by atoms with Crippen molar-refractivity contribution in [3.05, 3.63) is 30.7 Å². The Labute approximate surface area is 215 Å². The van der Waals surface area contributed by atoms with Crippen LogP contribution in [-0.2, 0) is 4.74 Å². The highest BCUT2D eigenvalue weighted by Crippen LogP contribution is 2.24. The molecule has 2 saturated heterocycles. The van der Waals surface area contributed by atoms with Gasteiger partial charge in [-0.3, -0.25) is 5.32 Å². The molecule has 0 radical (unpaired) electrons. The number of carbonyl (C=O) groups excluding carboxylic acids is 2. The van der Waals surface area contributed by atoms with Crippen LogP contribution in [0.1, 0.15) is 19.8 Å². The van der Waals surface area contributed by atoms with Crippen LogP contribution in [-0.4, -0.2) is 97.1 Å². The Morgan fingerprint density at radius 1 is 1.30 bits per heavy atom. The molecule has 37 heavy (non-hydrogen) atoms. The van der Waals surface area contributed by atoms with E-state index in [0.29, 0.717) is 56.2 Å². The zero-order chi connectivity index (χ0) is 26.0. The average molecular weight is 515 g/mol. The van der Waals surface area contributed by atoms with E-state index in [0.717, 1.165) is 25.9 Å². The Kier molecular flexibility index (Phi) is 9.27. The number of hydrogen-bond donors (Lipinski definition) is 3. The number of rotatable bonds is 8. The lowest BCUT2D eigenvalue weighted by atomic mass is 10.0. The van der Waals surface area contributed by atoms with Crippen LogP contribution in [0.2, 0.25) is 0 Å². The second-order valence-electron chi connectivity index (χ2n) is 8.80. The topological polar surface area (TPSA) is 143 Å². The molecule has 13 heteroatoms. The lowest BCUT2D eigenvalue weighted by molar-refractivity contribution is 0.0767. The van der Waals surface area contributed by atoms with Gasteiger partial charge in [-0.25, -0.2) is 24.5 Å². The maximum Gasteiger partial charge on any atom is 0.412 e. The molecule has 3 N–H and O–H groups in total. The summed E-state index contributed by atoms with van der Waals surface area (Å²) in [4.78, 5) is 41.6. The summed E-state index contributed by atoms with van der Waals surface area (Å²) in [5.41, 5.74) is 0. The van der Waals surface area contributed by atoms with Gasteiger partial charge < -0.3 is 34.6 Å². The summed E-state index contributed by atoms with van der Waals surface area (Å²) in [6.45, 7) is 6.14. The second-order valence-corrected chi connectivity index (χ2v) is 8.80. The molecule has 0 aliphatic carbocycles. The van der Waals surface area contributed by atoms with E-state index < -0.39 is 6.09 Å². The monoisotopic (exact) mass is 514 g/mol. The molecule has 3 amide bonds. The molecule has 2 aliphatic heterocycles. The number of nitrogens with zero attached hydrogens (tertiary/aromatic N) is 5. The molecule has 200 valence electrons. The number of amides is 3. The third-order valence-electron chi connectivity index (χ3n) is 6.16. The molecular weight excluding hydrogens is 480 g/mol. The number of ether oxygens (including phenoxy) is 3. The fraction of sp³-hybridized carbons (Fsp3) is 0.542. The fourth-order valence-electron chi connectivity index (χ4n) is 4.18. The van der Waals surface area contributed by atoms with Gasteiger partial charge >= 0.3 is 12.1 Å². The third-order valence-corrected chi connectivity index (χ3v) is 6.16. The number of pyridine rings is 1. The van der Waals surface area contributed by atoms with Gasteiger partial charge in [0.25, 0.3) is 0 Å². The van der Waals surface area contributed by atoms with Gasteiger partial charge in [-0.15, -0.1) is 0 Å². The van der Waals surface area contributed by atoms with Gasteiger partial charge in [-0.1, -0.05) is 0 Å². The Morgan fingerprint density at radius 2 is 2.19 bits per heavy atom. The van der Waals surface area contributed by atoms with Crippen molar-refractivity contribution in [2.45, 2.75) is 31.8 Å². The molecule has 2 fully saturated rings. The van der Waals surface area contributed by atoms with Crippen LogP contribution in [0.3, 0.4) is 0 Å². The number of nitrogens with one attached hydrogen (secondary N) is 3. The zero-order valence-corrected chi connectivity index (χ0v) is 21.2. The number of hydrogen-bond acceptors (Lipinski definition) is 10. The van der Waals surface area contributed by atoms with E-state index in [4.69, 9.17) is 14.2 Å². The Morgan fingerprint density at radius 3 is 2.95 bits per heavy atom. The van der Waals surface area contributed by atoms with Gasteiger partial charge in [0.2, 0.25) is 5.88 Å². The SMILES string of the molecule is CCOc1cnc(NC(=O)N(C)[C@@H]2CCCN(c3cc(OC(=O)NC[C@H]4COCCN4)ccn3)C2)cn1. The van der Waals surface area contributed by atoms with Crippen LogP contribution < -0.4 is 30.3 Å². The van der Waals surface area contributed by atoms with E-state index in [9.17, 15) is 9.59 Å². The number of anilines is 2. The van der Waals surface area contributed by atoms with Gasteiger partial charge in [0.1, 0.15) is 11.6 Å². The van der Waals surface area contributed by atoms with Crippen LogP contribution in [0.15, 0.2) is 30.7 Å². The number of aromatic nitrogens is 3. The first-order valence-electron chi connectivity index (χ1n) is 12.5. The second kappa shape index (κ2) is 13.0. The largest absolute Gasteiger partial charge is 0.477 e. The molecule has 4 rings (SSSR count). The van der Waals surface area contributed by atoms with E-state index >= 15 is 0 Å². The van der Waals surface area contributed by atoms with Crippen LogP contribution in [0.5, 0.6) is 11.6 Å². The maximum absolute atomic E-state index is 12.8. The maximum atomic E-state index is 12.8. The Hall–Kier alpha value is -3.71. The average Bonchev–Trinajstić information content (AvgIpc) is 2.93. The van der Waals surface area contributed by atoms with Crippen molar-refractivity contribution < 1.29 is 23.8 Å². The molecular formula is C24H34N8O5. The van der Waals surface area contributed by atoms with E-state index in [1.807, 2.05) is 6.92 Å². The van der Waals surface area contributed by atoms with Crippen molar-refractivity contribution in [1.82, 2.24) is 30.5 Å². The number of piperidine rings is 1. The van der Waals surface area contributed by atoms with Crippen LogP contribution in [0, 0.1) is 0 Å². The first kappa shape index (κ1) is 26.4. The summed E-state index contributed by atoms with van der Waals surface area (Å²) >= 11 is 0. The normalized spacial score (nSPS) is 19.6. The van der Waals surface area contributed by atoms with Crippen LogP contribution in [0.4, 0.5) is 21.2 Å². The first-order valence-corrected chi connectivity index (χ1v) is 12.5. The van der Waals surface area contributed by atoms with Crippen LogP contribution in [0.25, 0.3) is 0 Å². The summed E-state index contributed by atoms with van der Waals surface area (Å²) in [6.07, 6.45) is 5.76. The van der Waals surface area contributed by atoms with Gasteiger partial charge in [0.15, 0.2) is 5.82 Å². The van der Waals surface area contributed by atoms with E-state index in [2.05, 4.69) is 35.8 Å². The summed E-state index contributed by atoms with van der Waals surface area (Å²) in [5.74, 6) is 1.84. The minimum Gasteiger partial charge on any atom is -0.477 e. The van der Waals surface area contributed by atoms with Crippen molar-refractivity contribution in [3.63, 3.8) is 0 Å². The molecule has 0 saturated carbocycles. The van der Waals surface area contributed by atoms with E-state index in [1.165, 1.54) is 12.4 Å². The smallest absolute Gasteiger partial charge is 0.412 e. The van der Waals surface area contributed by atoms with Crippen molar-refractivity contribution >= 4 is 23.8 Å². The van der Waals surface area contributed by atoms with E-state index in [-0.39, 0.29) is 18.1 Å².